The van der Waals surface area contributed by atoms with Gasteiger partial charge in [-0.2, -0.15) is 0 Å². The molecule has 2 aromatic rings. The summed E-state index contributed by atoms with van der Waals surface area (Å²) >= 11 is 0. The van der Waals surface area contributed by atoms with Gasteiger partial charge < -0.3 is 10.2 Å². The van der Waals surface area contributed by atoms with Gasteiger partial charge in [-0.1, -0.05) is 25.1 Å². The molecule has 0 atom stereocenters. The monoisotopic (exact) mass is 429 g/mol. The lowest BCUT2D eigenvalue weighted by Gasteiger charge is -2.24. The highest BCUT2D eigenvalue weighted by Gasteiger charge is 2.24. The van der Waals surface area contributed by atoms with Crippen LogP contribution >= 0.6 is 0 Å². The Bertz CT molecular complexity index is 1070. The van der Waals surface area contributed by atoms with Crippen molar-refractivity contribution in [3.05, 3.63) is 53.6 Å². The molecule has 2 amide bonds. The Morgan fingerprint density at radius 3 is 2.53 bits per heavy atom. The highest BCUT2D eigenvalue weighted by atomic mass is 32.2. The minimum Gasteiger partial charge on any atom is -0.325 e. The smallest absolute Gasteiger partial charge is 0.245 e. The van der Waals surface area contributed by atoms with Crippen LogP contribution in [0.15, 0.2) is 42.5 Å². The summed E-state index contributed by atoms with van der Waals surface area (Å²) in [5, 5.41) is 2.77. The molecule has 0 aromatic heterocycles. The van der Waals surface area contributed by atoms with Crippen LogP contribution in [0.4, 0.5) is 17.1 Å². The Balaban J connectivity index is 1.78. The summed E-state index contributed by atoms with van der Waals surface area (Å²) in [6.07, 6.45) is 3.15. The minimum atomic E-state index is -3.64. The summed E-state index contributed by atoms with van der Waals surface area (Å²) in [4.78, 5) is 26.4. The molecule has 3 rings (SSSR count). The molecule has 1 N–H and O–H groups in total. The molecule has 1 fully saturated rings. The van der Waals surface area contributed by atoms with E-state index in [4.69, 9.17) is 0 Å². The van der Waals surface area contributed by atoms with Crippen molar-refractivity contribution in [2.45, 2.75) is 33.1 Å². The van der Waals surface area contributed by atoms with Gasteiger partial charge in [-0.25, -0.2) is 8.42 Å². The molecule has 7 nitrogen and oxygen atoms in total. The second-order valence-corrected chi connectivity index (χ2v) is 9.36. The van der Waals surface area contributed by atoms with Crippen molar-refractivity contribution in [1.29, 1.82) is 0 Å². The maximum absolute atomic E-state index is 12.7. The largest absolute Gasteiger partial charge is 0.325 e. The lowest BCUT2D eigenvalue weighted by Crippen LogP contribution is -2.38. The van der Waals surface area contributed by atoms with E-state index < -0.39 is 15.9 Å². The van der Waals surface area contributed by atoms with Crippen molar-refractivity contribution in [3.8, 4) is 0 Å². The highest BCUT2D eigenvalue weighted by molar-refractivity contribution is 7.92. The zero-order valence-corrected chi connectivity index (χ0v) is 18.3. The number of carbonyl (C=O) groups is 2. The molecule has 0 radical (unpaired) electrons. The number of carbonyl (C=O) groups excluding carboxylic acids is 2. The van der Waals surface area contributed by atoms with Gasteiger partial charge in [0.15, 0.2) is 0 Å². The van der Waals surface area contributed by atoms with E-state index in [-0.39, 0.29) is 12.5 Å². The van der Waals surface area contributed by atoms with Crippen molar-refractivity contribution in [2.24, 2.45) is 0 Å². The number of sulfonamides is 1. The zero-order valence-electron chi connectivity index (χ0n) is 17.5. The number of hydrogen-bond donors (Lipinski definition) is 1. The molecule has 2 aromatic carbocycles. The molecule has 0 unspecified atom stereocenters. The van der Waals surface area contributed by atoms with E-state index in [9.17, 15) is 18.0 Å². The second kappa shape index (κ2) is 8.87. The van der Waals surface area contributed by atoms with Crippen molar-refractivity contribution >= 4 is 38.9 Å². The number of anilines is 3. The predicted molar refractivity (Wildman–Crippen MR) is 119 cm³/mol. The van der Waals surface area contributed by atoms with Gasteiger partial charge in [0.1, 0.15) is 6.54 Å². The van der Waals surface area contributed by atoms with Crippen LogP contribution in [0.2, 0.25) is 0 Å². The van der Waals surface area contributed by atoms with Crippen LogP contribution in [0.25, 0.3) is 0 Å². The molecule has 0 saturated carbocycles. The van der Waals surface area contributed by atoms with E-state index in [0.29, 0.717) is 30.8 Å². The molecule has 0 aliphatic carbocycles. The molecule has 1 aliphatic heterocycles. The third-order valence-corrected chi connectivity index (χ3v) is 6.30. The first-order chi connectivity index (χ1) is 14.2. The van der Waals surface area contributed by atoms with Crippen LogP contribution in [0.5, 0.6) is 0 Å². The first kappa shape index (κ1) is 21.8. The molecule has 1 saturated heterocycles. The summed E-state index contributed by atoms with van der Waals surface area (Å²) in [7, 11) is -3.64. The molecule has 1 aliphatic rings. The molecule has 0 bridgehead atoms. The van der Waals surface area contributed by atoms with Gasteiger partial charge in [0.2, 0.25) is 21.8 Å². The molecule has 0 spiro atoms. The quantitative estimate of drug-likeness (QED) is 0.733. The summed E-state index contributed by atoms with van der Waals surface area (Å²) in [5.41, 5.74) is 3.64. The summed E-state index contributed by atoms with van der Waals surface area (Å²) < 4.78 is 25.9. The van der Waals surface area contributed by atoms with Gasteiger partial charge in [0, 0.05) is 24.3 Å². The van der Waals surface area contributed by atoms with Crippen molar-refractivity contribution in [2.75, 3.05) is 33.9 Å². The first-order valence-corrected chi connectivity index (χ1v) is 11.8. The zero-order chi connectivity index (χ0) is 21.9. The lowest BCUT2D eigenvalue weighted by molar-refractivity contribution is -0.117. The summed E-state index contributed by atoms with van der Waals surface area (Å²) in [5.74, 6) is -0.330. The molecule has 30 heavy (non-hydrogen) atoms. The first-order valence-electron chi connectivity index (χ1n) is 9.97. The van der Waals surface area contributed by atoms with Crippen LogP contribution in [0.1, 0.15) is 30.9 Å². The minimum absolute atomic E-state index is 0.105. The molecule has 8 heteroatoms. The van der Waals surface area contributed by atoms with E-state index in [2.05, 4.69) is 5.32 Å². The molecule has 1 heterocycles. The number of para-hydroxylation sites is 1. The standard InChI is InChI=1S/C22H27N3O4S/c1-4-17-8-5-6-9-20(17)25(30(3,28)29)15-21(26)23-18-11-12-19(16(2)14-18)24-13-7-10-22(24)27/h5-6,8-9,11-12,14H,4,7,10,13,15H2,1-3H3,(H,23,26). The van der Waals surface area contributed by atoms with Gasteiger partial charge >= 0.3 is 0 Å². The fourth-order valence-electron chi connectivity index (χ4n) is 3.70. The maximum atomic E-state index is 12.7. The number of nitrogens with zero attached hydrogens (tertiary/aromatic N) is 2. The summed E-state index contributed by atoms with van der Waals surface area (Å²) in [6.45, 7) is 4.21. The van der Waals surface area contributed by atoms with Gasteiger partial charge in [-0.3, -0.25) is 13.9 Å². The topological polar surface area (TPSA) is 86.8 Å². The average Bonchev–Trinajstić information content (AvgIpc) is 3.11. The number of rotatable bonds is 7. The Hall–Kier alpha value is -2.87. The number of amides is 2. The van der Waals surface area contributed by atoms with E-state index in [1.807, 2.05) is 32.0 Å². The average molecular weight is 430 g/mol. The molecule has 160 valence electrons. The van der Waals surface area contributed by atoms with Crippen LogP contribution in [0.3, 0.4) is 0 Å². The number of nitrogens with one attached hydrogen (secondary N) is 1. The fourth-order valence-corrected chi connectivity index (χ4v) is 4.59. The predicted octanol–water partition coefficient (Wildman–Crippen LogP) is 3.09. The van der Waals surface area contributed by atoms with Crippen molar-refractivity contribution in [3.63, 3.8) is 0 Å². The third-order valence-electron chi connectivity index (χ3n) is 5.17. The Kier molecular flexibility index (Phi) is 6.45. The van der Waals surface area contributed by atoms with E-state index in [1.54, 1.807) is 29.2 Å². The highest BCUT2D eigenvalue weighted by Crippen LogP contribution is 2.28. The van der Waals surface area contributed by atoms with E-state index in [0.717, 1.165) is 33.8 Å². The van der Waals surface area contributed by atoms with Crippen LogP contribution in [-0.4, -0.2) is 39.6 Å². The van der Waals surface area contributed by atoms with Gasteiger partial charge in [0.05, 0.1) is 11.9 Å². The Morgan fingerprint density at radius 1 is 1.20 bits per heavy atom. The van der Waals surface area contributed by atoms with Crippen LogP contribution in [-0.2, 0) is 26.0 Å². The number of hydrogen-bond acceptors (Lipinski definition) is 4. The Labute approximate surface area is 177 Å². The third kappa shape index (κ3) is 4.81. The maximum Gasteiger partial charge on any atom is 0.245 e. The number of benzene rings is 2. The van der Waals surface area contributed by atoms with Gasteiger partial charge in [-0.05, 0) is 55.2 Å². The number of aryl methyl sites for hydroxylation is 2. The van der Waals surface area contributed by atoms with Gasteiger partial charge in [0.25, 0.3) is 0 Å². The summed E-state index contributed by atoms with van der Waals surface area (Å²) in [6, 6.07) is 12.5. The second-order valence-electron chi connectivity index (χ2n) is 7.45. The molecular formula is C22H27N3O4S. The van der Waals surface area contributed by atoms with Crippen LogP contribution < -0.4 is 14.5 Å². The van der Waals surface area contributed by atoms with Crippen molar-refractivity contribution in [1.82, 2.24) is 0 Å². The van der Waals surface area contributed by atoms with Crippen molar-refractivity contribution < 1.29 is 18.0 Å². The SMILES string of the molecule is CCc1ccccc1N(CC(=O)Nc1ccc(N2CCCC2=O)c(C)c1)S(C)(=O)=O. The normalized spacial score (nSPS) is 14.1. The van der Waals surface area contributed by atoms with E-state index >= 15 is 0 Å². The Morgan fingerprint density at radius 2 is 1.93 bits per heavy atom. The molecular weight excluding hydrogens is 402 g/mol. The van der Waals surface area contributed by atoms with E-state index in [1.165, 1.54) is 0 Å². The van der Waals surface area contributed by atoms with Crippen LogP contribution in [0, 0.1) is 6.92 Å². The lowest BCUT2D eigenvalue weighted by atomic mass is 10.1. The van der Waals surface area contributed by atoms with Gasteiger partial charge in [-0.15, -0.1) is 0 Å². The fraction of sp³-hybridized carbons (Fsp3) is 0.364.